The molecular weight excluding hydrogens is 316 g/mol. The topological polar surface area (TPSA) is 81.4 Å². The first-order valence-corrected chi connectivity index (χ1v) is 8.44. The van der Waals surface area contributed by atoms with E-state index in [4.69, 9.17) is 10.5 Å². The predicted molar refractivity (Wildman–Crippen MR) is 96.0 cm³/mol. The minimum atomic E-state index is -0.681. The van der Waals surface area contributed by atoms with Crippen LogP contribution in [0.15, 0.2) is 48.5 Å². The Labute approximate surface area is 147 Å². The molecule has 3 rings (SSSR count). The van der Waals surface area contributed by atoms with Gasteiger partial charge in [0.25, 0.3) is 0 Å². The van der Waals surface area contributed by atoms with Gasteiger partial charge in [-0.3, -0.25) is 4.79 Å². The molecule has 0 spiro atoms. The second-order valence-electron chi connectivity index (χ2n) is 6.07. The van der Waals surface area contributed by atoms with Crippen LogP contribution >= 0.6 is 0 Å². The van der Waals surface area contributed by atoms with Crippen LogP contribution < -0.4 is 11.1 Å². The third-order valence-corrected chi connectivity index (χ3v) is 4.47. The van der Waals surface area contributed by atoms with Crippen molar-refractivity contribution >= 4 is 12.4 Å². The number of nitrogens with two attached hydrogens (primary N) is 1. The number of carbonyl (C=O) groups is 1. The SMILES string of the molecule is NCCC[C@H]([C]=O)NC(=O)OCC1c2ccccc2-c2ccccc21. The minimum absolute atomic E-state index is 0.000789. The lowest BCUT2D eigenvalue weighted by atomic mass is 9.98. The molecule has 2 aromatic carbocycles. The predicted octanol–water partition coefficient (Wildman–Crippen LogP) is 2.74. The van der Waals surface area contributed by atoms with E-state index in [-0.39, 0.29) is 12.5 Å². The molecule has 1 aliphatic carbocycles. The molecule has 0 saturated heterocycles. The lowest BCUT2D eigenvalue weighted by Gasteiger charge is -2.16. The number of fused-ring (bicyclic) bond motifs is 3. The number of benzene rings is 2. The molecule has 0 heterocycles. The van der Waals surface area contributed by atoms with Gasteiger partial charge in [-0.15, -0.1) is 0 Å². The highest BCUT2D eigenvalue weighted by Crippen LogP contribution is 2.44. The molecule has 1 amide bonds. The maximum atomic E-state index is 12.0. The van der Waals surface area contributed by atoms with Crippen LogP contribution in [0.2, 0.25) is 0 Å². The summed E-state index contributed by atoms with van der Waals surface area (Å²) in [5.74, 6) is 0.000789. The van der Waals surface area contributed by atoms with E-state index in [1.165, 1.54) is 11.1 Å². The smallest absolute Gasteiger partial charge is 0.407 e. The van der Waals surface area contributed by atoms with Crippen LogP contribution in [-0.4, -0.2) is 31.6 Å². The van der Waals surface area contributed by atoms with E-state index in [9.17, 15) is 9.59 Å². The molecule has 1 atom stereocenters. The van der Waals surface area contributed by atoms with Gasteiger partial charge >= 0.3 is 6.09 Å². The van der Waals surface area contributed by atoms with Crippen LogP contribution in [0.1, 0.15) is 29.9 Å². The van der Waals surface area contributed by atoms with E-state index in [0.29, 0.717) is 19.4 Å². The summed E-state index contributed by atoms with van der Waals surface area (Å²) in [4.78, 5) is 22.9. The number of hydrogen-bond acceptors (Lipinski definition) is 4. The summed E-state index contributed by atoms with van der Waals surface area (Å²) in [7, 11) is 0. The first kappa shape index (κ1) is 17.2. The second-order valence-corrected chi connectivity index (χ2v) is 6.07. The van der Waals surface area contributed by atoms with Crippen LogP contribution in [0, 0.1) is 0 Å². The summed E-state index contributed by atoms with van der Waals surface area (Å²) in [5.41, 5.74) is 10.1. The zero-order valence-electron chi connectivity index (χ0n) is 13.9. The fraction of sp³-hybridized carbons (Fsp3) is 0.300. The summed E-state index contributed by atoms with van der Waals surface area (Å²) < 4.78 is 5.39. The van der Waals surface area contributed by atoms with Crippen molar-refractivity contribution in [2.24, 2.45) is 5.73 Å². The molecule has 2 aromatic rings. The molecule has 0 aliphatic heterocycles. The summed E-state index contributed by atoms with van der Waals surface area (Å²) in [6.07, 6.45) is 2.31. The van der Waals surface area contributed by atoms with Crippen LogP contribution in [0.3, 0.4) is 0 Å². The number of rotatable bonds is 7. The first-order chi connectivity index (χ1) is 12.2. The van der Waals surface area contributed by atoms with Crippen molar-refractivity contribution in [2.45, 2.75) is 24.8 Å². The molecule has 0 unspecified atom stereocenters. The second kappa shape index (κ2) is 7.94. The maximum absolute atomic E-state index is 12.0. The maximum Gasteiger partial charge on any atom is 0.407 e. The van der Waals surface area contributed by atoms with Gasteiger partial charge in [0, 0.05) is 5.92 Å². The van der Waals surface area contributed by atoms with Gasteiger partial charge in [-0.25, -0.2) is 4.79 Å². The van der Waals surface area contributed by atoms with E-state index in [2.05, 4.69) is 29.6 Å². The summed E-state index contributed by atoms with van der Waals surface area (Å²) in [6, 6.07) is 15.6. The van der Waals surface area contributed by atoms with Gasteiger partial charge < -0.3 is 15.8 Å². The molecule has 5 heteroatoms. The Balaban J connectivity index is 1.67. The highest BCUT2D eigenvalue weighted by Gasteiger charge is 2.29. The molecule has 1 aliphatic rings. The normalized spacial score (nSPS) is 13.6. The van der Waals surface area contributed by atoms with Crippen LogP contribution in [0.25, 0.3) is 11.1 Å². The van der Waals surface area contributed by atoms with Crippen LogP contribution in [-0.2, 0) is 9.53 Å². The molecule has 129 valence electrons. The number of amides is 1. The Morgan fingerprint density at radius 2 is 1.72 bits per heavy atom. The van der Waals surface area contributed by atoms with Gasteiger partial charge in [-0.1, -0.05) is 48.5 Å². The molecule has 0 aromatic heterocycles. The van der Waals surface area contributed by atoms with E-state index in [0.717, 1.165) is 11.1 Å². The van der Waals surface area contributed by atoms with Crippen molar-refractivity contribution in [1.29, 1.82) is 0 Å². The quantitative estimate of drug-likeness (QED) is 0.814. The van der Waals surface area contributed by atoms with Gasteiger partial charge in [0.1, 0.15) is 6.61 Å². The number of alkyl carbamates (subject to hydrolysis) is 1. The van der Waals surface area contributed by atoms with Crippen LogP contribution in [0.4, 0.5) is 4.79 Å². The lowest BCUT2D eigenvalue weighted by molar-refractivity contribution is 0.141. The standard InChI is InChI=1S/C20H21N2O3/c21-11-5-6-14(12-23)22-20(24)25-13-19-17-9-3-1-7-15(17)16-8-2-4-10-18(16)19/h1-4,7-10,14,19H,5-6,11,13,21H2,(H,22,24)/t14-/m1/s1. The van der Waals surface area contributed by atoms with Crippen molar-refractivity contribution in [2.75, 3.05) is 13.2 Å². The molecule has 0 fully saturated rings. The third kappa shape index (κ3) is 3.72. The van der Waals surface area contributed by atoms with Crippen molar-refractivity contribution in [3.8, 4) is 11.1 Å². The minimum Gasteiger partial charge on any atom is -0.449 e. The Morgan fingerprint density at radius 3 is 2.28 bits per heavy atom. The zero-order chi connectivity index (χ0) is 17.6. The van der Waals surface area contributed by atoms with Gasteiger partial charge in [0.2, 0.25) is 6.29 Å². The average molecular weight is 337 g/mol. The summed E-state index contributed by atoms with van der Waals surface area (Å²) in [5, 5.41) is 2.53. The van der Waals surface area contributed by atoms with Crippen molar-refractivity contribution in [3.05, 3.63) is 59.7 Å². The fourth-order valence-corrected chi connectivity index (χ4v) is 3.26. The van der Waals surface area contributed by atoms with Gasteiger partial charge in [-0.05, 0) is 41.6 Å². The van der Waals surface area contributed by atoms with Gasteiger partial charge in [0.15, 0.2) is 0 Å². The number of nitrogens with one attached hydrogen (secondary N) is 1. The molecule has 5 nitrogen and oxygen atoms in total. The first-order valence-electron chi connectivity index (χ1n) is 8.44. The van der Waals surface area contributed by atoms with Gasteiger partial charge in [0.05, 0.1) is 6.04 Å². The Bertz CT molecular complexity index is 715. The fourth-order valence-electron chi connectivity index (χ4n) is 3.26. The Morgan fingerprint density at radius 1 is 1.12 bits per heavy atom. The largest absolute Gasteiger partial charge is 0.449 e. The van der Waals surface area contributed by atoms with E-state index in [1.807, 2.05) is 30.6 Å². The number of hydrogen-bond donors (Lipinski definition) is 2. The summed E-state index contributed by atoms with van der Waals surface area (Å²) >= 11 is 0. The van der Waals surface area contributed by atoms with Gasteiger partial charge in [-0.2, -0.15) is 0 Å². The van der Waals surface area contributed by atoms with Crippen molar-refractivity contribution < 1.29 is 14.3 Å². The zero-order valence-corrected chi connectivity index (χ0v) is 13.9. The van der Waals surface area contributed by atoms with E-state index in [1.54, 1.807) is 0 Å². The lowest BCUT2D eigenvalue weighted by Crippen LogP contribution is -2.37. The number of ether oxygens (including phenoxy) is 1. The Kier molecular flexibility index (Phi) is 5.46. The highest BCUT2D eigenvalue weighted by atomic mass is 16.5. The highest BCUT2D eigenvalue weighted by molar-refractivity contribution is 5.79. The monoisotopic (exact) mass is 337 g/mol. The van der Waals surface area contributed by atoms with Crippen molar-refractivity contribution in [3.63, 3.8) is 0 Å². The average Bonchev–Trinajstić information content (AvgIpc) is 2.97. The Hall–Kier alpha value is -2.66. The summed E-state index contributed by atoms with van der Waals surface area (Å²) in [6.45, 7) is 0.687. The van der Waals surface area contributed by atoms with E-state index >= 15 is 0 Å². The number of carbonyl (C=O) groups excluding carboxylic acids is 2. The molecular formula is C20H21N2O3. The van der Waals surface area contributed by atoms with E-state index < -0.39 is 12.1 Å². The molecule has 1 radical (unpaired) electrons. The molecule has 3 N–H and O–H groups in total. The van der Waals surface area contributed by atoms with Crippen LogP contribution in [0.5, 0.6) is 0 Å². The molecule has 25 heavy (non-hydrogen) atoms. The van der Waals surface area contributed by atoms with Crippen molar-refractivity contribution in [1.82, 2.24) is 5.32 Å². The molecule has 0 saturated carbocycles. The molecule has 0 bridgehead atoms. The third-order valence-electron chi connectivity index (χ3n) is 4.47.